The molecule has 2 aromatic carbocycles. The smallest absolute Gasteiger partial charge is 0.493 e. The number of halogens is 7. The predicted octanol–water partition coefficient (Wildman–Crippen LogP) is 6.27. The average molecular weight is 511 g/mol. The Kier molecular flexibility index (Phi) is 7.01. The predicted molar refractivity (Wildman–Crippen MR) is 107 cm³/mol. The molecule has 13 heteroatoms. The number of hydrogen-bond donors (Lipinski definition) is 1. The summed E-state index contributed by atoms with van der Waals surface area (Å²) in [6, 6.07) is 5.17. The van der Waals surface area contributed by atoms with Crippen molar-refractivity contribution in [2.45, 2.75) is 25.4 Å². The van der Waals surface area contributed by atoms with E-state index in [1.54, 1.807) is 0 Å². The zero-order valence-electron chi connectivity index (χ0n) is 16.7. The van der Waals surface area contributed by atoms with Gasteiger partial charge in [-0.2, -0.15) is 13.2 Å². The highest BCUT2D eigenvalue weighted by Gasteiger charge is 2.35. The molecule has 0 saturated carbocycles. The lowest BCUT2D eigenvalue weighted by molar-refractivity contribution is -0.274. The Labute approximate surface area is 191 Å². The molecule has 6 nitrogen and oxygen atoms in total. The van der Waals surface area contributed by atoms with Crippen LogP contribution in [0.3, 0.4) is 0 Å². The zero-order chi connectivity index (χ0) is 25.3. The first-order valence-electron chi connectivity index (χ1n) is 9.34. The number of alkyl halides is 6. The monoisotopic (exact) mass is 510 g/mol. The van der Waals surface area contributed by atoms with Crippen LogP contribution < -0.4 is 14.9 Å². The van der Waals surface area contributed by atoms with E-state index < -0.39 is 45.9 Å². The van der Waals surface area contributed by atoms with Gasteiger partial charge in [0.25, 0.3) is 0 Å². The minimum atomic E-state index is -5.03. The van der Waals surface area contributed by atoms with Crippen LogP contribution in [0.1, 0.15) is 18.4 Å². The van der Waals surface area contributed by atoms with Gasteiger partial charge in [0.05, 0.1) is 28.1 Å². The molecule has 0 amide bonds. The van der Waals surface area contributed by atoms with Gasteiger partial charge in [-0.05, 0) is 30.7 Å². The molecule has 0 aliphatic rings. The summed E-state index contributed by atoms with van der Waals surface area (Å²) in [6.07, 6.45) is -10.2. The number of ether oxygens (including phenoxy) is 2. The van der Waals surface area contributed by atoms with E-state index in [4.69, 9.17) is 25.9 Å². The van der Waals surface area contributed by atoms with Gasteiger partial charge in [-0.25, -0.2) is 0 Å². The molecule has 1 N–H and O–H groups in total. The highest BCUT2D eigenvalue weighted by molar-refractivity contribution is 6.35. The summed E-state index contributed by atoms with van der Waals surface area (Å²) in [6.45, 7) is -0.244. The van der Waals surface area contributed by atoms with Gasteiger partial charge in [-0.15, -0.1) is 13.2 Å². The van der Waals surface area contributed by atoms with E-state index in [0.29, 0.717) is 6.07 Å². The molecule has 0 spiro atoms. The van der Waals surface area contributed by atoms with E-state index in [9.17, 15) is 35.9 Å². The first kappa shape index (κ1) is 25.2. The van der Waals surface area contributed by atoms with E-state index in [-0.39, 0.29) is 41.9 Å². The van der Waals surface area contributed by atoms with Crippen LogP contribution in [0.2, 0.25) is 5.02 Å². The topological polar surface area (TPSA) is 86.0 Å². The third-order valence-electron chi connectivity index (χ3n) is 4.39. The summed E-state index contributed by atoms with van der Waals surface area (Å²) in [7, 11) is 0. The molecule has 0 aliphatic carbocycles. The van der Waals surface area contributed by atoms with Crippen LogP contribution >= 0.6 is 11.6 Å². The molecular formula is C21H13ClF6O6. The lowest BCUT2D eigenvalue weighted by Crippen LogP contribution is -2.17. The Morgan fingerprint density at radius 1 is 1.06 bits per heavy atom. The van der Waals surface area contributed by atoms with Crippen molar-refractivity contribution in [1.29, 1.82) is 0 Å². The van der Waals surface area contributed by atoms with Crippen LogP contribution in [-0.4, -0.2) is 24.0 Å². The fourth-order valence-corrected chi connectivity index (χ4v) is 3.28. The molecule has 3 aromatic rings. The molecule has 182 valence electrons. The maximum Gasteiger partial charge on any atom is 0.573 e. The van der Waals surface area contributed by atoms with E-state index in [1.165, 1.54) is 0 Å². The van der Waals surface area contributed by atoms with Crippen LogP contribution in [-0.2, 0) is 11.0 Å². The molecule has 0 radical (unpaired) electrons. The van der Waals surface area contributed by atoms with E-state index in [1.807, 2.05) is 0 Å². The molecule has 0 unspecified atom stereocenters. The first-order valence-corrected chi connectivity index (χ1v) is 9.72. The van der Waals surface area contributed by atoms with Gasteiger partial charge in [0, 0.05) is 18.6 Å². The Morgan fingerprint density at radius 3 is 2.38 bits per heavy atom. The molecule has 3 rings (SSSR count). The number of benzene rings is 2. The largest absolute Gasteiger partial charge is 0.573 e. The van der Waals surface area contributed by atoms with E-state index in [2.05, 4.69) is 4.74 Å². The molecule has 1 aromatic heterocycles. The second-order valence-electron chi connectivity index (χ2n) is 6.83. The van der Waals surface area contributed by atoms with E-state index >= 15 is 0 Å². The van der Waals surface area contributed by atoms with Crippen LogP contribution in [0.5, 0.6) is 11.5 Å². The fourth-order valence-electron chi connectivity index (χ4n) is 2.97. The number of fused-ring (bicyclic) bond motifs is 1. The normalized spacial score (nSPS) is 12.1. The molecule has 0 fully saturated rings. The number of hydrogen-bond acceptors (Lipinski definition) is 5. The van der Waals surface area contributed by atoms with Crippen LogP contribution in [0.4, 0.5) is 26.3 Å². The number of carbonyl (C=O) groups is 1. The third kappa shape index (κ3) is 5.93. The van der Waals surface area contributed by atoms with Gasteiger partial charge in [0.15, 0.2) is 11.0 Å². The molecule has 0 bridgehead atoms. The molecule has 0 aliphatic heterocycles. The lowest BCUT2D eigenvalue weighted by atomic mass is 10.1. The maximum absolute atomic E-state index is 13.2. The number of carboxylic acids is 1. The van der Waals surface area contributed by atoms with Crippen molar-refractivity contribution in [2.75, 3.05) is 6.61 Å². The van der Waals surface area contributed by atoms with Crippen molar-refractivity contribution in [1.82, 2.24) is 0 Å². The summed E-state index contributed by atoms with van der Waals surface area (Å²) in [4.78, 5) is 23.2. The van der Waals surface area contributed by atoms with Gasteiger partial charge in [-0.3, -0.25) is 9.59 Å². The molecular weight excluding hydrogens is 498 g/mol. The van der Waals surface area contributed by atoms with Gasteiger partial charge < -0.3 is 19.0 Å². The number of aliphatic carboxylic acids is 1. The van der Waals surface area contributed by atoms with Gasteiger partial charge in [-0.1, -0.05) is 11.6 Å². The molecule has 34 heavy (non-hydrogen) atoms. The molecule has 0 atom stereocenters. The minimum absolute atomic E-state index is 0.0123. The first-order chi connectivity index (χ1) is 15.8. The maximum atomic E-state index is 13.2. The third-order valence-corrected chi connectivity index (χ3v) is 4.76. The van der Waals surface area contributed by atoms with Crippen molar-refractivity contribution >= 4 is 28.5 Å². The Bertz CT molecular complexity index is 1280. The van der Waals surface area contributed by atoms with Crippen LogP contribution in [0.25, 0.3) is 22.3 Å². The summed E-state index contributed by atoms with van der Waals surface area (Å²) in [5, 5.41) is 7.59. The standard InChI is InChI=1S/C21H13ClF6O6/c22-18-13(20(23,24)25)6-5-11-14(29)9-16(33-19(11)18)12-4-3-10(34-21(26,27)28)8-15(12)32-7-1-2-17(30)31/h3-6,8-9H,1-2,7H2,(H,30,31). The van der Waals surface area contributed by atoms with E-state index in [0.717, 1.165) is 30.3 Å². The Morgan fingerprint density at radius 2 is 1.76 bits per heavy atom. The second-order valence-corrected chi connectivity index (χ2v) is 7.21. The number of rotatable bonds is 7. The van der Waals surface area contributed by atoms with Crippen LogP contribution in [0, 0.1) is 0 Å². The van der Waals surface area contributed by atoms with Crippen molar-refractivity contribution in [3.05, 3.63) is 57.2 Å². The van der Waals surface area contributed by atoms with Gasteiger partial charge in [0.1, 0.15) is 17.3 Å². The van der Waals surface area contributed by atoms with Crippen molar-refractivity contribution in [3.8, 4) is 22.8 Å². The summed E-state index contributed by atoms with van der Waals surface area (Å²) in [5.41, 5.74) is -2.69. The Hall–Kier alpha value is -3.41. The summed E-state index contributed by atoms with van der Waals surface area (Å²) in [5.74, 6) is -2.46. The fraction of sp³-hybridized carbons (Fsp3) is 0.238. The summed E-state index contributed by atoms with van der Waals surface area (Å²) < 4.78 is 92.1. The minimum Gasteiger partial charge on any atom is -0.493 e. The Balaban J connectivity index is 2.12. The SMILES string of the molecule is O=C(O)CCCOc1cc(OC(F)(F)F)ccc1-c1cc(=O)c2ccc(C(F)(F)F)c(Cl)c2o1. The highest BCUT2D eigenvalue weighted by atomic mass is 35.5. The quantitative estimate of drug-likeness (QED) is 0.298. The van der Waals surface area contributed by atoms with Gasteiger partial charge >= 0.3 is 18.5 Å². The summed E-state index contributed by atoms with van der Waals surface area (Å²) >= 11 is 5.84. The highest BCUT2D eigenvalue weighted by Crippen LogP contribution is 2.40. The number of carboxylic acid groups (broad SMARTS) is 1. The van der Waals surface area contributed by atoms with Gasteiger partial charge in [0.2, 0.25) is 0 Å². The lowest BCUT2D eigenvalue weighted by Gasteiger charge is -2.15. The van der Waals surface area contributed by atoms with Crippen molar-refractivity contribution in [3.63, 3.8) is 0 Å². The van der Waals surface area contributed by atoms with Crippen molar-refractivity contribution < 1.29 is 50.1 Å². The average Bonchev–Trinajstić information content (AvgIpc) is 2.69. The zero-order valence-corrected chi connectivity index (χ0v) is 17.5. The molecule has 1 heterocycles. The van der Waals surface area contributed by atoms with Crippen LogP contribution in [0.15, 0.2) is 45.6 Å². The van der Waals surface area contributed by atoms with Crippen molar-refractivity contribution in [2.24, 2.45) is 0 Å². The molecule has 0 saturated heterocycles. The second kappa shape index (κ2) is 9.45.